The molecule has 7 heteroatoms. The van der Waals surface area contributed by atoms with E-state index in [1.165, 1.54) is 35.4 Å². The first kappa shape index (κ1) is 23.3. The SMILES string of the molecule is CCOC(=O)C1=C(C)N=c2s/c(=C/c3ccc(N4CCCC4)c(C)c3)c(=O)n2[C@H]1c1ccccc1. The third-order valence-electron chi connectivity index (χ3n) is 6.60. The number of esters is 1. The van der Waals surface area contributed by atoms with Crippen LogP contribution in [-0.4, -0.2) is 30.2 Å². The molecule has 2 aliphatic rings. The monoisotopic (exact) mass is 487 g/mol. The molecule has 35 heavy (non-hydrogen) atoms. The molecule has 6 nitrogen and oxygen atoms in total. The molecule has 0 spiro atoms. The first-order valence-electron chi connectivity index (χ1n) is 12.1. The molecule has 5 rings (SSSR count). The minimum atomic E-state index is -0.576. The summed E-state index contributed by atoms with van der Waals surface area (Å²) >= 11 is 1.35. The second kappa shape index (κ2) is 9.66. The number of benzene rings is 2. The molecule has 1 aromatic heterocycles. The van der Waals surface area contributed by atoms with E-state index in [-0.39, 0.29) is 12.2 Å². The molecule has 1 fully saturated rings. The lowest BCUT2D eigenvalue weighted by atomic mass is 9.96. The van der Waals surface area contributed by atoms with Gasteiger partial charge in [-0.25, -0.2) is 9.79 Å². The zero-order chi connectivity index (χ0) is 24.5. The van der Waals surface area contributed by atoms with Gasteiger partial charge in [-0.15, -0.1) is 0 Å². The van der Waals surface area contributed by atoms with Crippen molar-refractivity contribution in [1.82, 2.24) is 4.57 Å². The maximum atomic E-state index is 13.7. The Bertz CT molecular complexity index is 1480. The van der Waals surface area contributed by atoms with Crippen LogP contribution in [0.15, 0.2) is 69.6 Å². The number of rotatable bonds is 5. The molecule has 2 aliphatic heterocycles. The third-order valence-corrected chi connectivity index (χ3v) is 7.58. The van der Waals surface area contributed by atoms with Crippen LogP contribution in [0.1, 0.15) is 49.4 Å². The van der Waals surface area contributed by atoms with Gasteiger partial charge in [0.25, 0.3) is 5.56 Å². The van der Waals surface area contributed by atoms with Gasteiger partial charge < -0.3 is 9.64 Å². The van der Waals surface area contributed by atoms with Gasteiger partial charge in [-0.1, -0.05) is 47.7 Å². The number of carbonyl (C=O) groups is 1. The summed E-state index contributed by atoms with van der Waals surface area (Å²) in [4.78, 5) is 34.3. The maximum absolute atomic E-state index is 13.7. The highest BCUT2D eigenvalue weighted by molar-refractivity contribution is 7.07. The molecule has 1 saturated heterocycles. The molecule has 0 radical (unpaired) electrons. The fourth-order valence-electron chi connectivity index (χ4n) is 4.97. The van der Waals surface area contributed by atoms with Gasteiger partial charge in [0.05, 0.1) is 28.5 Å². The molecule has 0 saturated carbocycles. The van der Waals surface area contributed by atoms with Crippen LogP contribution < -0.4 is 19.8 Å². The van der Waals surface area contributed by atoms with Gasteiger partial charge in [0.2, 0.25) is 0 Å². The summed E-state index contributed by atoms with van der Waals surface area (Å²) in [6.07, 6.45) is 4.40. The summed E-state index contributed by atoms with van der Waals surface area (Å²) in [5.74, 6) is -0.440. The van der Waals surface area contributed by atoms with Crippen LogP contribution in [0.5, 0.6) is 0 Å². The van der Waals surface area contributed by atoms with Crippen molar-refractivity contribution in [2.75, 3.05) is 24.6 Å². The number of allylic oxidation sites excluding steroid dienone is 1. The quantitative estimate of drug-likeness (QED) is 0.515. The summed E-state index contributed by atoms with van der Waals surface area (Å²) in [6.45, 7) is 8.16. The second-order valence-corrected chi connectivity index (χ2v) is 9.96. The number of aromatic nitrogens is 1. The molecule has 180 valence electrons. The molecule has 0 aliphatic carbocycles. The number of anilines is 1. The molecule has 0 N–H and O–H groups in total. The number of nitrogens with zero attached hydrogens (tertiary/aromatic N) is 3. The van der Waals surface area contributed by atoms with E-state index in [9.17, 15) is 9.59 Å². The summed E-state index contributed by atoms with van der Waals surface area (Å²) in [6, 6.07) is 15.4. The Hall–Kier alpha value is -3.45. The van der Waals surface area contributed by atoms with Crippen molar-refractivity contribution in [2.24, 2.45) is 4.99 Å². The minimum Gasteiger partial charge on any atom is -0.463 e. The van der Waals surface area contributed by atoms with Gasteiger partial charge in [-0.3, -0.25) is 9.36 Å². The summed E-state index contributed by atoms with van der Waals surface area (Å²) in [7, 11) is 0. The Morgan fingerprint density at radius 2 is 1.89 bits per heavy atom. The number of ether oxygens (including phenoxy) is 1. The number of hydrogen-bond donors (Lipinski definition) is 0. The Labute approximate surface area is 208 Å². The van der Waals surface area contributed by atoms with E-state index in [4.69, 9.17) is 4.74 Å². The second-order valence-electron chi connectivity index (χ2n) is 8.95. The molecule has 0 amide bonds. The molecule has 1 atom stereocenters. The van der Waals surface area contributed by atoms with Crippen LogP contribution >= 0.6 is 11.3 Å². The van der Waals surface area contributed by atoms with Gasteiger partial charge in [-0.2, -0.15) is 0 Å². The van der Waals surface area contributed by atoms with Crippen molar-refractivity contribution in [1.29, 1.82) is 0 Å². The minimum absolute atomic E-state index is 0.154. The standard InChI is InChI=1S/C28H29N3O3S/c1-4-34-27(33)24-19(3)29-28-31(25(24)21-10-6-5-7-11-21)26(32)23(35-28)17-20-12-13-22(18(2)16-20)30-14-8-9-15-30/h5-7,10-13,16-17,25H,4,8-9,14-15H2,1-3H3/b23-17+/t25-/m0/s1. The fraction of sp³-hybridized carbons (Fsp3) is 0.321. The lowest BCUT2D eigenvalue weighted by molar-refractivity contribution is -0.139. The Balaban J connectivity index is 1.62. The van der Waals surface area contributed by atoms with E-state index in [1.807, 2.05) is 36.4 Å². The number of thiazole rings is 1. The molecule has 0 bridgehead atoms. The summed E-state index contributed by atoms with van der Waals surface area (Å²) < 4.78 is 7.58. The fourth-order valence-corrected chi connectivity index (χ4v) is 6.02. The molecule has 0 unspecified atom stereocenters. The highest BCUT2D eigenvalue weighted by atomic mass is 32.1. The molecule has 3 heterocycles. The number of fused-ring (bicyclic) bond motifs is 1. The smallest absolute Gasteiger partial charge is 0.338 e. The van der Waals surface area contributed by atoms with E-state index in [1.54, 1.807) is 18.4 Å². The molecule has 3 aromatic rings. The first-order valence-corrected chi connectivity index (χ1v) is 12.9. The van der Waals surface area contributed by atoms with Crippen LogP contribution in [-0.2, 0) is 9.53 Å². The summed E-state index contributed by atoms with van der Waals surface area (Å²) in [5, 5.41) is 0. The van der Waals surface area contributed by atoms with Crippen molar-refractivity contribution in [2.45, 2.75) is 39.7 Å². The number of carbonyl (C=O) groups excluding carboxylic acids is 1. The van der Waals surface area contributed by atoms with Gasteiger partial charge in [0.15, 0.2) is 4.80 Å². The van der Waals surface area contributed by atoms with Crippen molar-refractivity contribution in [3.8, 4) is 0 Å². The van der Waals surface area contributed by atoms with Gasteiger partial charge in [0.1, 0.15) is 0 Å². The van der Waals surface area contributed by atoms with E-state index < -0.39 is 12.0 Å². The van der Waals surface area contributed by atoms with Crippen molar-refractivity contribution in [3.05, 3.63) is 96.2 Å². The highest BCUT2D eigenvalue weighted by Crippen LogP contribution is 2.30. The topological polar surface area (TPSA) is 63.9 Å². The molecular formula is C28H29N3O3S. The number of hydrogen-bond acceptors (Lipinski definition) is 6. The van der Waals surface area contributed by atoms with E-state index in [0.717, 1.165) is 24.2 Å². The van der Waals surface area contributed by atoms with E-state index in [0.29, 0.717) is 20.6 Å². The number of aryl methyl sites for hydroxylation is 1. The highest BCUT2D eigenvalue weighted by Gasteiger charge is 2.33. The van der Waals surface area contributed by atoms with Gasteiger partial charge >= 0.3 is 5.97 Å². The van der Waals surface area contributed by atoms with Crippen LogP contribution in [0.3, 0.4) is 0 Å². The average molecular weight is 488 g/mol. The third kappa shape index (κ3) is 4.36. The van der Waals surface area contributed by atoms with Crippen molar-refractivity contribution >= 4 is 29.1 Å². The van der Waals surface area contributed by atoms with Crippen LogP contribution in [0, 0.1) is 6.92 Å². The Kier molecular flexibility index (Phi) is 6.43. The van der Waals surface area contributed by atoms with Crippen molar-refractivity contribution in [3.63, 3.8) is 0 Å². The Morgan fingerprint density at radius 1 is 1.14 bits per heavy atom. The van der Waals surface area contributed by atoms with Gasteiger partial charge in [-0.05, 0) is 68.5 Å². The lowest BCUT2D eigenvalue weighted by Crippen LogP contribution is -2.39. The normalized spacial score (nSPS) is 18.0. The Morgan fingerprint density at radius 3 is 2.57 bits per heavy atom. The van der Waals surface area contributed by atoms with E-state index >= 15 is 0 Å². The molecular weight excluding hydrogens is 458 g/mol. The lowest BCUT2D eigenvalue weighted by Gasteiger charge is -2.24. The van der Waals surface area contributed by atoms with Crippen LogP contribution in [0.4, 0.5) is 5.69 Å². The van der Waals surface area contributed by atoms with E-state index in [2.05, 4.69) is 35.0 Å². The van der Waals surface area contributed by atoms with Crippen molar-refractivity contribution < 1.29 is 9.53 Å². The predicted octanol–water partition coefficient (Wildman–Crippen LogP) is 3.71. The molecule has 2 aromatic carbocycles. The predicted molar refractivity (Wildman–Crippen MR) is 139 cm³/mol. The first-order chi connectivity index (χ1) is 17.0. The van der Waals surface area contributed by atoms with Crippen LogP contribution in [0.2, 0.25) is 0 Å². The zero-order valence-electron chi connectivity index (χ0n) is 20.3. The zero-order valence-corrected chi connectivity index (χ0v) is 21.1. The summed E-state index contributed by atoms with van der Waals surface area (Å²) in [5.41, 5.74) is 5.13. The van der Waals surface area contributed by atoms with Crippen LogP contribution in [0.25, 0.3) is 6.08 Å². The van der Waals surface area contributed by atoms with Gasteiger partial charge in [0, 0.05) is 18.8 Å². The largest absolute Gasteiger partial charge is 0.463 e. The maximum Gasteiger partial charge on any atom is 0.338 e. The average Bonchev–Trinajstić information content (AvgIpc) is 3.48.